The average molecular weight is 803 g/mol. The Kier molecular flexibility index (Phi) is 10.8. The van der Waals surface area contributed by atoms with E-state index in [0.717, 1.165) is 40.9 Å². The molecule has 3 nitrogen and oxygen atoms in total. The van der Waals surface area contributed by atoms with Gasteiger partial charge in [0.05, 0.1) is 0 Å². The van der Waals surface area contributed by atoms with E-state index >= 15 is 0 Å². The fourth-order valence-corrected chi connectivity index (χ4v) is 14.9. The van der Waals surface area contributed by atoms with Gasteiger partial charge in [-0.05, 0) is 117 Å². The van der Waals surface area contributed by atoms with Gasteiger partial charge in [-0.2, -0.15) is 0 Å². The van der Waals surface area contributed by atoms with Gasteiger partial charge in [0.2, 0.25) is 0 Å². The fraction of sp³-hybridized carbons (Fsp3) is 0.321. The molecule has 0 fully saturated rings. The molecule has 296 valence electrons. The second-order valence-electron chi connectivity index (χ2n) is 17.2. The Labute approximate surface area is 348 Å². The molecule has 1 atom stereocenters. The van der Waals surface area contributed by atoms with E-state index in [4.69, 9.17) is 14.2 Å². The predicted octanol–water partition coefficient (Wildman–Crippen LogP) is 12.9. The van der Waals surface area contributed by atoms with Crippen LogP contribution in [0.25, 0.3) is 0 Å². The Bertz CT molecular complexity index is 2430. The first kappa shape index (κ1) is 39.1. The summed E-state index contributed by atoms with van der Waals surface area (Å²) in [5.74, 6) is 5.87. The molecule has 6 aromatic rings. The molecular weight excluding hydrogens is 747 g/mol. The monoisotopic (exact) mass is 802 g/mol. The summed E-state index contributed by atoms with van der Waals surface area (Å²) < 4.78 is 21.0. The minimum absolute atomic E-state index is 0.249. The topological polar surface area (TPSA) is 27.7 Å². The molecule has 0 aliphatic carbocycles. The lowest BCUT2D eigenvalue weighted by Crippen LogP contribution is -2.36. The lowest BCUT2D eigenvalue weighted by atomic mass is 9.70. The molecule has 0 aromatic heterocycles. The number of fused-ring (bicyclic) bond motifs is 6. The lowest BCUT2D eigenvalue weighted by molar-refractivity contribution is 0.386. The van der Waals surface area contributed by atoms with Crippen LogP contribution in [0.4, 0.5) is 0 Å². The summed E-state index contributed by atoms with van der Waals surface area (Å²) in [4.78, 5) is 0. The average Bonchev–Trinajstić information content (AvgIpc) is 3.20. The molecule has 0 saturated heterocycles. The highest BCUT2D eigenvalue weighted by Gasteiger charge is 2.44. The Balaban J connectivity index is 1.24. The summed E-state index contributed by atoms with van der Waals surface area (Å²) in [6.07, 6.45) is 11.5. The van der Waals surface area contributed by atoms with Gasteiger partial charge in [0.25, 0.3) is 0 Å². The van der Waals surface area contributed by atoms with Gasteiger partial charge in [-0.3, -0.25) is 0 Å². The van der Waals surface area contributed by atoms with Crippen LogP contribution >= 0.6 is 15.8 Å². The van der Waals surface area contributed by atoms with Crippen molar-refractivity contribution in [1.29, 1.82) is 0 Å². The first-order valence-corrected chi connectivity index (χ1v) is 24.2. The summed E-state index contributed by atoms with van der Waals surface area (Å²) in [6.45, 7) is 15.9. The van der Waals surface area contributed by atoms with Crippen molar-refractivity contribution >= 4 is 47.7 Å². The molecule has 0 N–H and O–H groups in total. The molecule has 0 radical (unpaired) electrons. The van der Waals surface area contributed by atoms with Crippen molar-refractivity contribution in [3.63, 3.8) is 0 Å². The minimum Gasteiger partial charge on any atom is -0.456 e. The van der Waals surface area contributed by atoms with Crippen LogP contribution in [0.15, 0.2) is 103 Å². The van der Waals surface area contributed by atoms with Crippen molar-refractivity contribution in [2.45, 2.75) is 112 Å². The van der Waals surface area contributed by atoms with E-state index in [2.05, 4.69) is 152 Å². The van der Waals surface area contributed by atoms with E-state index in [9.17, 15) is 0 Å². The van der Waals surface area contributed by atoms with E-state index in [1.807, 2.05) is 0 Å². The zero-order chi connectivity index (χ0) is 40.1. The van der Waals surface area contributed by atoms with Crippen molar-refractivity contribution in [2.75, 3.05) is 0 Å². The molecule has 6 aromatic carbocycles. The maximum atomic E-state index is 7.71. The largest absolute Gasteiger partial charge is 0.456 e. The van der Waals surface area contributed by atoms with Crippen LogP contribution in [0.5, 0.6) is 34.5 Å². The Morgan fingerprint density at radius 3 is 1.34 bits per heavy atom. The van der Waals surface area contributed by atoms with Crippen LogP contribution in [0, 0.1) is 34.6 Å². The van der Waals surface area contributed by atoms with Gasteiger partial charge < -0.3 is 14.2 Å². The Morgan fingerprint density at radius 2 is 0.845 bits per heavy atom. The molecule has 0 bridgehead atoms. The summed E-state index contributed by atoms with van der Waals surface area (Å²) in [6, 6.07) is 38.6. The van der Waals surface area contributed by atoms with E-state index in [1.165, 1.54) is 122 Å². The number of ether oxygens (including phenoxy) is 3. The Hall–Kier alpha value is -4.42. The number of para-hydroxylation sites is 1. The van der Waals surface area contributed by atoms with Crippen molar-refractivity contribution in [1.82, 2.24) is 0 Å². The van der Waals surface area contributed by atoms with Crippen LogP contribution < -0.4 is 46.0 Å². The molecule has 3 heterocycles. The van der Waals surface area contributed by atoms with Gasteiger partial charge in [-0.1, -0.05) is 136 Å². The molecule has 3 aliphatic heterocycles. The van der Waals surface area contributed by atoms with Crippen molar-refractivity contribution in [3.8, 4) is 34.5 Å². The number of aryl methyl sites for hydroxylation is 5. The molecule has 1 unspecified atom stereocenters. The second kappa shape index (κ2) is 16.0. The molecule has 5 heteroatoms. The Morgan fingerprint density at radius 1 is 0.414 bits per heavy atom. The number of hydrogen-bond acceptors (Lipinski definition) is 3. The summed E-state index contributed by atoms with van der Waals surface area (Å²) >= 11 is 0. The van der Waals surface area contributed by atoms with Gasteiger partial charge in [0.15, 0.2) is 0 Å². The SMILES string of the molecule is CCCCCCCCCCC1(C)c2cccc(P3c4cc(C)ccc4Oc4ccc(C)cc43)c2Oc2c(P3c4cc(C)ccc4Oc4ccc(C)cc43)cc(C)cc21. The normalized spacial score (nSPS) is 16.5. The predicted molar refractivity (Wildman–Crippen MR) is 248 cm³/mol. The highest BCUT2D eigenvalue weighted by atomic mass is 31.1. The standard InChI is InChI=1S/C53H56O3P2/c1-8-9-10-11-12-13-14-15-27-53(7)39-17-16-18-45(57-46-29-34(2)19-23-41(46)54-42-24-20-35(3)30-47(42)57)51(39)56-52-40(53)28-38(6)33-50(52)58-48-31-36(4)21-25-43(48)55-44-26-22-37(5)32-49(44)58/h16-26,28-33H,8-15,27H2,1-7H3. The molecule has 9 rings (SSSR count). The van der Waals surface area contributed by atoms with Crippen LogP contribution in [-0.4, -0.2) is 0 Å². The molecule has 0 saturated carbocycles. The quantitative estimate of drug-likeness (QED) is 0.0963. The fourth-order valence-electron chi connectivity index (χ4n) is 9.38. The van der Waals surface area contributed by atoms with Crippen LogP contribution in [-0.2, 0) is 5.41 Å². The van der Waals surface area contributed by atoms with Crippen LogP contribution in [0.1, 0.15) is 111 Å². The number of rotatable bonds is 11. The highest BCUT2D eigenvalue weighted by Crippen LogP contribution is 2.57. The maximum absolute atomic E-state index is 7.71. The lowest BCUT2D eigenvalue weighted by Gasteiger charge is -2.42. The maximum Gasteiger partial charge on any atom is 0.139 e. The van der Waals surface area contributed by atoms with E-state index in [1.54, 1.807) is 0 Å². The van der Waals surface area contributed by atoms with Gasteiger partial charge >= 0.3 is 0 Å². The second-order valence-corrected chi connectivity index (χ2v) is 21.5. The smallest absolute Gasteiger partial charge is 0.139 e. The van der Waals surface area contributed by atoms with Crippen LogP contribution in [0.3, 0.4) is 0 Å². The van der Waals surface area contributed by atoms with Gasteiger partial charge in [0, 0.05) is 48.4 Å². The molecule has 58 heavy (non-hydrogen) atoms. The molecular formula is C53H56O3P2. The highest BCUT2D eigenvalue weighted by molar-refractivity contribution is 7.81. The minimum atomic E-state index is -1.00. The third-order valence-electron chi connectivity index (χ3n) is 12.5. The van der Waals surface area contributed by atoms with Gasteiger partial charge in [-0.15, -0.1) is 0 Å². The van der Waals surface area contributed by atoms with Crippen molar-refractivity contribution < 1.29 is 14.2 Å². The van der Waals surface area contributed by atoms with Crippen molar-refractivity contribution in [2.24, 2.45) is 0 Å². The number of hydrogen-bond donors (Lipinski definition) is 0. The first-order chi connectivity index (χ1) is 28.1. The third-order valence-corrected chi connectivity index (χ3v) is 17.4. The summed E-state index contributed by atoms with van der Waals surface area (Å²) in [5, 5.41) is 7.58. The molecule has 0 spiro atoms. The van der Waals surface area contributed by atoms with Crippen molar-refractivity contribution in [3.05, 3.63) is 142 Å². The van der Waals surface area contributed by atoms with Crippen LogP contribution in [0.2, 0.25) is 0 Å². The summed E-state index contributed by atoms with van der Waals surface area (Å²) in [7, 11) is -1.99. The van der Waals surface area contributed by atoms with E-state index < -0.39 is 15.8 Å². The van der Waals surface area contributed by atoms with E-state index in [0.29, 0.717) is 0 Å². The zero-order valence-corrected chi connectivity index (χ0v) is 37.1. The number of benzene rings is 6. The summed E-state index contributed by atoms with van der Waals surface area (Å²) in [5.41, 5.74) is 8.62. The third kappa shape index (κ3) is 7.07. The van der Waals surface area contributed by atoms with Gasteiger partial charge in [-0.25, -0.2) is 0 Å². The zero-order valence-electron chi connectivity index (χ0n) is 35.3. The molecule has 3 aliphatic rings. The van der Waals surface area contributed by atoms with Gasteiger partial charge in [0.1, 0.15) is 34.5 Å². The molecule has 0 amide bonds. The number of unbranched alkanes of at least 4 members (excludes halogenated alkanes) is 7. The van der Waals surface area contributed by atoms with E-state index in [-0.39, 0.29) is 5.41 Å². The first-order valence-electron chi connectivity index (χ1n) is 21.5.